The van der Waals surface area contributed by atoms with Gasteiger partial charge in [0.1, 0.15) is 0 Å². The molecular formula is C12H14O. The summed E-state index contributed by atoms with van der Waals surface area (Å²) < 4.78 is 0. The molecule has 0 radical (unpaired) electrons. The number of allylic oxidation sites excluding steroid dienone is 1. The van der Waals surface area contributed by atoms with Crippen LogP contribution in [0.2, 0.25) is 0 Å². The number of hydrogen-bond acceptors (Lipinski definition) is 1. The molecule has 0 aliphatic heterocycles. The minimum absolute atomic E-state index is 0.170. The van der Waals surface area contributed by atoms with Gasteiger partial charge in [-0.05, 0) is 24.1 Å². The SMILES string of the molecule is CCC(=O)C=Cc1ccccc1C. The topological polar surface area (TPSA) is 17.1 Å². The second kappa shape index (κ2) is 4.61. The minimum Gasteiger partial charge on any atom is -0.295 e. The molecule has 0 spiro atoms. The van der Waals surface area contributed by atoms with Gasteiger partial charge in [0.05, 0.1) is 0 Å². The summed E-state index contributed by atoms with van der Waals surface area (Å²) in [4.78, 5) is 11.0. The van der Waals surface area contributed by atoms with Gasteiger partial charge in [-0.2, -0.15) is 0 Å². The van der Waals surface area contributed by atoms with E-state index in [0.29, 0.717) is 6.42 Å². The van der Waals surface area contributed by atoms with Crippen molar-refractivity contribution < 1.29 is 4.79 Å². The Hall–Kier alpha value is -1.37. The first-order valence-electron chi connectivity index (χ1n) is 4.50. The van der Waals surface area contributed by atoms with Gasteiger partial charge in [0.25, 0.3) is 0 Å². The standard InChI is InChI=1S/C12H14O/c1-3-12(13)9-8-11-7-5-4-6-10(11)2/h4-9H,3H2,1-2H3. The average molecular weight is 174 g/mol. The lowest BCUT2D eigenvalue weighted by Crippen LogP contribution is -1.87. The first-order chi connectivity index (χ1) is 6.24. The van der Waals surface area contributed by atoms with E-state index in [0.717, 1.165) is 5.56 Å². The lowest BCUT2D eigenvalue weighted by atomic mass is 10.1. The fourth-order valence-electron chi connectivity index (χ4n) is 1.07. The van der Waals surface area contributed by atoms with E-state index in [2.05, 4.69) is 0 Å². The third-order valence-electron chi connectivity index (χ3n) is 1.99. The minimum atomic E-state index is 0.170. The predicted molar refractivity (Wildman–Crippen MR) is 55.5 cm³/mol. The molecule has 1 heteroatoms. The van der Waals surface area contributed by atoms with Crippen LogP contribution in [0.3, 0.4) is 0 Å². The highest BCUT2D eigenvalue weighted by molar-refractivity contribution is 5.93. The summed E-state index contributed by atoms with van der Waals surface area (Å²) in [5.41, 5.74) is 2.31. The van der Waals surface area contributed by atoms with Crippen molar-refractivity contribution in [1.29, 1.82) is 0 Å². The second-order valence-electron chi connectivity index (χ2n) is 3.01. The number of carbonyl (C=O) groups is 1. The van der Waals surface area contributed by atoms with Crippen LogP contribution in [0.1, 0.15) is 24.5 Å². The normalized spacial score (nSPS) is 10.6. The summed E-state index contributed by atoms with van der Waals surface area (Å²) >= 11 is 0. The maximum atomic E-state index is 11.0. The maximum absolute atomic E-state index is 11.0. The van der Waals surface area contributed by atoms with Crippen LogP contribution in [0.25, 0.3) is 6.08 Å². The molecule has 0 amide bonds. The van der Waals surface area contributed by atoms with Crippen LogP contribution in [0.5, 0.6) is 0 Å². The van der Waals surface area contributed by atoms with Gasteiger partial charge >= 0.3 is 0 Å². The third-order valence-corrected chi connectivity index (χ3v) is 1.99. The first-order valence-corrected chi connectivity index (χ1v) is 4.50. The van der Waals surface area contributed by atoms with E-state index in [4.69, 9.17) is 0 Å². The molecule has 0 saturated carbocycles. The molecular weight excluding hydrogens is 160 g/mol. The largest absolute Gasteiger partial charge is 0.295 e. The van der Waals surface area contributed by atoms with E-state index in [1.54, 1.807) is 6.08 Å². The van der Waals surface area contributed by atoms with Crippen LogP contribution in [-0.4, -0.2) is 5.78 Å². The highest BCUT2D eigenvalue weighted by Crippen LogP contribution is 2.08. The van der Waals surface area contributed by atoms with Crippen molar-refractivity contribution in [2.24, 2.45) is 0 Å². The third kappa shape index (κ3) is 2.86. The Labute approximate surface area is 79.1 Å². The van der Waals surface area contributed by atoms with Crippen molar-refractivity contribution in [1.82, 2.24) is 0 Å². The summed E-state index contributed by atoms with van der Waals surface area (Å²) in [5, 5.41) is 0. The lowest BCUT2D eigenvalue weighted by molar-refractivity contribution is -0.114. The Morgan fingerprint density at radius 2 is 2.08 bits per heavy atom. The molecule has 0 bridgehead atoms. The lowest BCUT2D eigenvalue weighted by Gasteiger charge is -1.97. The zero-order chi connectivity index (χ0) is 9.68. The molecule has 0 aliphatic carbocycles. The first kappa shape index (κ1) is 9.72. The van der Waals surface area contributed by atoms with Crippen LogP contribution in [0, 0.1) is 6.92 Å². The molecule has 0 atom stereocenters. The van der Waals surface area contributed by atoms with Gasteiger partial charge in [0.15, 0.2) is 5.78 Å². The quantitative estimate of drug-likeness (QED) is 0.644. The van der Waals surface area contributed by atoms with Crippen molar-refractivity contribution in [3.63, 3.8) is 0 Å². The Morgan fingerprint density at radius 3 is 2.69 bits per heavy atom. The fraction of sp³-hybridized carbons (Fsp3) is 0.250. The number of aryl methyl sites for hydroxylation is 1. The molecule has 13 heavy (non-hydrogen) atoms. The van der Waals surface area contributed by atoms with Crippen LogP contribution in [-0.2, 0) is 4.79 Å². The molecule has 68 valence electrons. The van der Waals surface area contributed by atoms with Crippen LogP contribution < -0.4 is 0 Å². The summed E-state index contributed by atoms with van der Waals surface area (Å²) in [5.74, 6) is 0.170. The summed E-state index contributed by atoms with van der Waals surface area (Å²) in [7, 11) is 0. The smallest absolute Gasteiger partial charge is 0.155 e. The van der Waals surface area contributed by atoms with E-state index in [1.807, 2.05) is 44.2 Å². The second-order valence-corrected chi connectivity index (χ2v) is 3.01. The van der Waals surface area contributed by atoms with Crippen molar-refractivity contribution in [3.8, 4) is 0 Å². The molecule has 0 N–H and O–H groups in total. The number of benzene rings is 1. The Bertz CT molecular complexity index is 324. The van der Waals surface area contributed by atoms with Gasteiger partial charge in [0, 0.05) is 6.42 Å². The molecule has 1 nitrogen and oxygen atoms in total. The van der Waals surface area contributed by atoms with E-state index < -0.39 is 0 Å². The molecule has 0 saturated heterocycles. The molecule has 0 aromatic heterocycles. The van der Waals surface area contributed by atoms with Crippen molar-refractivity contribution >= 4 is 11.9 Å². The number of ketones is 1. The number of carbonyl (C=O) groups excluding carboxylic acids is 1. The van der Waals surface area contributed by atoms with Crippen molar-refractivity contribution in [3.05, 3.63) is 41.5 Å². The number of hydrogen-bond donors (Lipinski definition) is 0. The maximum Gasteiger partial charge on any atom is 0.155 e. The van der Waals surface area contributed by atoms with Crippen molar-refractivity contribution in [2.75, 3.05) is 0 Å². The van der Waals surface area contributed by atoms with Crippen LogP contribution in [0.15, 0.2) is 30.3 Å². The highest BCUT2D eigenvalue weighted by Gasteiger charge is 1.93. The van der Waals surface area contributed by atoms with Gasteiger partial charge in [-0.15, -0.1) is 0 Å². The molecule has 0 aliphatic rings. The average Bonchev–Trinajstić information content (AvgIpc) is 2.16. The van der Waals surface area contributed by atoms with Gasteiger partial charge in [-0.25, -0.2) is 0 Å². The van der Waals surface area contributed by atoms with E-state index in [1.165, 1.54) is 5.56 Å². The van der Waals surface area contributed by atoms with E-state index in [9.17, 15) is 4.79 Å². The van der Waals surface area contributed by atoms with E-state index in [-0.39, 0.29) is 5.78 Å². The highest BCUT2D eigenvalue weighted by atomic mass is 16.1. The number of rotatable bonds is 3. The molecule has 1 aromatic rings. The Balaban J connectivity index is 2.80. The fourth-order valence-corrected chi connectivity index (χ4v) is 1.07. The summed E-state index contributed by atoms with van der Waals surface area (Å²) in [6.45, 7) is 3.90. The molecule has 1 aromatic carbocycles. The van der Waals surface area contributed by atoms with Crippen molar-refractivity contribution in [2.45, 2.75) is 20.3 Å². The molecule has 0 unspecified atom stereocenters. The Kier molecular flexibility index (Phi) is 3.44. The van der Waals surface area contributed by atoms with Gasteiger partial charge < -0.3 is 0 Å². The van der Waals surface area contributed by atoms with Gasteiger partial charge in [0.2, 0.25) is 0 Å². The monoisotopic (exact) mass is 174 g/mol. The zero-order valence-corrected chi connectivity index (χ0v) is 8.08. The summed E-state index contributed by atoms with van der Waals surface area (Å²) in [6, 6.07) is 8.02. The van der Waals surface area contributed by atoms with Crippen LogP contribution in [0.4, 0.5) is 0 Å². The van der Waals surface area contributed by atoms with E-state index >= 15 is 0 Å². The van der Waals surface area contributed by atoms with Gasteiger partial charge in [-0.3, -0.25) is 4.79 Å². The van der Waals surface area contributed by atoms with Crippen LogP contribution >= 0.6 is 0 Å². The predicted octanol–water partition coefficient (Wildman–Crippen LogP) is 2.99. The zero-order valence-electron chi connectivity index (χ0n) is 8.08. The van der Waals surface area contributed by atoms with Gasteiger partial charge in [-0.1, -0.05) is 37.3 Å². The molecule has 0 heterocycles. The summed E-state index contributed by atoms with van der Waals surface area (Å²) in [6.07, 6.45) is 4.09. The molecule has 0 fully saturated rings. The molecule has 1 rings (SSSR count). The Morgan fingerprint density at radius 1 is 1.38 bits per heavy atom.